The van der Waals surface area contributed by atoms with Crippen LogP contribution < -0.4 is 10.1 Å². The largest absolute Gasteiger partial charge is 0.491 e. The van der Waals surface area contributed by atoms with Crippen LogP contribution in [0.2, 0.25) is 0 Å². The van der Waals surface area contributed by atoms with Gasteiger partial charge in [-0.2, -0.15) is 0 Å². The Labute approximate surface area is 144 Å². The molecule has 0 heterocycles. The molecule has 2 rings (SSSR count). The lowest BCUT2D eigenvalue weighted by Crippen LogP contribution is -2.47. The predicted molar refractivity (Wildman–Crippen MR) is 94.4 cm³/mol. The van der Waals surface area contributed by atoms with Crippen LogP contribution in [0.3, 0.4) is 0 Å². The Bertz CT molecular complexity index is 517. The first-order valence-electron chi connectivity index (χ1n) is 8.77. The Morgan fingerprint density at radius 2 is 2.04 bits per heavy atom. The van der Waals surface area contributed by atoms with Crippen molar-refractivity contribution < 1.29 is 19.0 Å². The molecule has 0 unspecified atom stereocenters. The Hall–Kier alpha value is -1.59. The van der Waals surface area contributed by atoms with Crippen molar-refractivity contribution in [3.8, 4) is 5.75 Å². The number of benzene rings is 1. The van der Waals surface area contributed by atoms with Crippen molar-refractivity contribution in [2.45, 2.75) is 45.1 Å². The monoisotopic (exact) mass is 335 g/mol. The van der Waals surface area contributed by atoms with Crippen LogP contribution in [0.25, 0.3) is 0 Å². The van der Waals surface area contributed by atoms with Gasteiger partial charge in [0.05, 0.1) is 6.61 Å². The summed E-state index contributed by atoms with van der Waals surface area (Å²) in [6, 6.07) is 7.40. The van der Waals surface area contributed by atoms with Crippen molar-refractivity contribution in [1.29, 1.82) is 0 Å². The number of nitrogens with one attached hydrogen (secondary N) is 1. The molecule has 134 valence electrons. The normalized spacial score (nSPS) is 23.7. The van der Waals surface area contributed by atoms with Gasteiger partial charge in [0.25, 0.3) is 5.91 Å². The first-order valence-corrected chi connectivity index (χ1v) is 8.77. The first-order chi connectivity index (χ1) is 11.6. The highest BCUT2D eigenvalue weighted by Gasteiger charge is 2.41. The van der Waals surface area contributed by atoms with Crippen LogP contribution in [-0.2, 0) is 14.3 Å². The maximum Gasteiger partial charge on any atom is 0.256 e. The van der Waals surface area contributed by atoms with Crippen molar-refractivity contribution >= 4 is 11.6 Å². The van der Waals surface area contributed by atoms with Gasteiger partial charge in [-0.25, -0.2) is 0 Å². The van der Waals surface area contributed by atoms with Crippen LogP contribution in [0.5, 0.6) is 5.75 Å². The van der Waals surface area contributed by atoms with Crippen molar-refractivity contribution in [3.63, 3.8) is 0 Å². The van der Waals surface area contributed by atoms with Gasteiger partial charge < -0.3 is 19.5 Å². The number of ether oxygens (including phenoxy) is 3. The number of rotatable bonds is 8. The third kappa shape index (κ3) is 4.95. The number of amides is 1. The van der Waals surface area contributed by atoms with Gasteiger partial charge in [0.2, 0.25) is 0 Å². The smallest absolute Gasteiger partial charge is 0.256 e. The minimum absolute atomic E-state index is 0.0541. The molecule has 0 saturated heterocycles. The van der Waals surface area contributed by atoms with Crippen molar-refractivity contribution in [2.75, 3.05) is 32.2 Å². The number of carbonyl (C=O) groups excluding carboxylic acids is 1. The molecule has 5 nitrogen and oxygen atoms in total. The highest BCUT2D eigenvalue weighted by molar-refractivity contribution is 5.97. The maximum atomic E-state index is 12.7. The van der Waals surface area contributed by atoms with Gasteiger partial charge in [0, 0.05) is 19.4 Å². The summed E-state index contributed by atoms with van der Waals surface area (Å²) < 4.78 is 16.4. The molecule has 1 aromatic rings. The van der Waals surface area contributed by atoms with E-state index in [1.165, 1.54) is 0 Å². The molecule has 1 aliphatic carbocycles. The molecule has 0 spiro atoms. The number of hydrogen-bond donors (Lipinski definition) is 1. The maximum absolute atomic E-state index is 12.7. The molecule has 1 N–H and O–H groups in total. The highest BCUT2D eigenvalue weighted by atomic mass is 16.5. The van der Waals surface area contributed by atoms with E-state index in [4.69, 9.17) is 14.2 Å². The lowest BCUT2D eigenvalue weighted by molar-refractivity contribution is -0.143. The van der Waals surface area contributed by atoms with Crippen molar-refractivity contribution in [3.05, 3.63) is 24.3 Å². The lowest BCUT2D eigenvalue weighted by Gasteiger charge is -2.37. The molecule has 0 aromatic heterocycles. The third-order valence-electron chi connectivity index (χ3n) is 4.57. The lowest BCUT2D eigenvalue weighted by atomic mass is 9.78. The zero-order chi connectivity index (χ0) is 17.4. The van der Waals surface area contributed by atoms with Gasteiger partial charge in [-0.05, 0) is 56.4 Å². The van der Waals surface area contributed by atoms with Gasteiger partial charge in [0.1, 0.15) is 18.0 Å². The average molecular weight is 335 g/mol. The number of anilines is 1. The van der Waals surface area contributed by atoms with Crippen LogP contribution in [0, 0.1) is 5.92 Å². The second-order valence-electron chi connectivity index (χ2n) is 6.42. The molecule has 0 aliphatic heterocycles. The van der Waals surface area contributed by atoms with E-state index in [-0.39, 0.29) is 5.91 Å². The Kier molecular flexibility index (Phi) is 7.06. The molecular weight excluding hydrogens is 306 g/mol. The highest BCUT2D eigenvalue weighted by Crippen LogP contribution is 2.35. The Morgan fingerprint density at radius 1 is 1.29 bits per heavy atom. The molecule has 24 heavy (non-hydrogen) atoms. The summed E-state index contributed by atoms with van der Waals surface area (Å²) in [7, 11) is 1.63. The van der Waals surface area contributed by atoms with Gasteiger partial charge in [0.15, 0.2) is 0 Å². The van der Waals surface area contributed by atoms with E-state index in [1.54, 1.807) is 7.11 Å². The van der Waals surface area contributed by atoms with Crippen LogP contribution in [0.1, 0.15) is 39.5 Å². The zero-order valence-corrected chi connectivity index (χ0v) is 15.0. The minimum Gasteiger partial charge on any atom is -0.491 e. The molecule has 1 amide bonds. The standard InChI is InChI=1S/C19H29NO4/c1-4-23-12-13-24-17-9-7-16(8-10-17)20-18(21)19(22-3)11-5-6-15(2)14-19/h7-10,15H,4-6,11-14H2,1-3H3,(H,20,21)/t15-,19+/m0/s1. The molecular formula is C19H29NO4. The summed E-state index contributed by atoms with van der Waals surface area (Å²) >= 11 is 0. The third-order valence-corrected chi connectivity index (χ3v) is 4.57. The summed E-state index contributed by atoms with van der Waals surface area (Å²) in [5.41, 5.74) is 0.0523. The summed E-state index contributed by atoms with van der Waals surface area (Å²) in [6.07, 6.45) is 3.73. The molecule has 5 heteroatoms. The van der Waals surface area contributed by atoms with E-state index in [0.717, 1.165) is 37.1 Å². The van der Waals surface area contributed by atoms with Gasteiger partial charge >= 0.3 is 0 Å². The van der Waals surface area contributed by atoms with Gasteiger partial charge in [-0.3, -0.25) is 4.79 Å². The second-order valence-corrected chi connectivity index (χ2v) is 6.42. The first kappa shape index (κ1) is 18.7. The molecule has 1 aliphatic rings. The second kappa shape index (κ2) is 9.04. The SMILES string of the molecule is CCOCCOc1ccc(NC(=O)[C@@]2(OC)CCC[C@H](C)C2)cc1. The van der Waals surface area contributed by atoms with Gasteiger partial charge in [-0.1, -0.05) is 13.3 Å². The number of carbonyl (C=O) groups is 1. The van der Waals surface area contributed by atoms with Crippen molar-refractivity contribution in [1.82, 2.24) is 0 Å². The predicted octanol–water partition coefficient (Wildman–Crippen LogP) is 3.64. The van der Waals surface area contributed by atoms with Crippen LogP contribution in [0.4, 0.5) is 5.69 Å². The number of hydrogen-bond acceptors (Lipinski definition) is 4. The fourth-order valence-corrected chi connectivity index (χ4v) is 3.23. The summed E-state index contributed by atoms with van der Waals surface area (Å²) in [5, 5.41) is 2.98. The van der Waals surface area contributed by atoms with E-state index in [1.807, 2.05) is 31.2 Å². The quantitative estimate of drug-likeness (QED) is 0.737. The van der Waals surface area contributed by atoms with Crippen molar-refractivity contribution in [2.24, 2.45) is 5.92 Å². The van der Waals surface area contributed by atoms with Crippen LogP contribution in [0.15, 0.2) is 24.3 Å². The summed E-state index contributed by atoms with van der Waals surface area (Å²) in [5.74, 6) is 1.22. The summed E-state index contributed by atoms with van der Waals surface area (Å²) in [4.78, 5) is 12.7. The fourth-order valence-electron chi connectivity index (χ4n) is 3.23. The topological polar surface area (TPSA) is 56.8 Å². The Morgan fingerprint density at radius 3 is 2.67 bits per heavy atom. The molecule has 1 saturated carbocycles. The molecule has 1 fully saturated rings. The molecule has 2 atom stereocenters. The van der Waals surface area contributed by atoms with E-state index in [0.29, 0.717) is 25.7 Å². The van der Waals surface area contributed by atoms with E-state index < -0.39 is 5.60 Å². The zero-order valence-electron chi connectivity index (χ0n) is 15.0. The van der Waals surface area contributed by atoms with Crippen LogP contribution in [-0.4, -0.2) is 38.4 Å². The van der Waals surface area contributed by atoms with Gasteiger partial charge in [-0.15, -0.1) is 0 Å². The number of methoxy groups -OCH3 is 1. The summed E-state index contributed by atoms with van der Waals surface area (Å²) in [6.45, 7) is 5.91. The molecule has 0 bridgehead atoms. The van der Waals surface area contributed by atoms with E-state index in [9.17, 15) is 4.79 Å². The fraction of sp³-hybridized carbons (Fsp3) is 0.632. The average Bonchev–Trinajstić information content (AvgIpc) is 2.60. The minimum atomic E-state index is -0.704. The van der Waals surface area contributed by atoms with E-state index >= 15 is 0 Å². The molecule has 1 aromatic carbocycles. The Balaban J connectivity index is 1.91. The van der Waals surface area contributed by atoms with E-state index in [2.05, 4.69) is 12.2 Å². The van der Waals surface area contributed by atoms with Crippen LogP contribution >= 0.6 is 0 Å². The molecule has 0 radical (unpaired) electrons.